The van der Waals surface area contributed by atoms with Crippen molar-refractivity contribution in [2.75, 3.05) is 24.2 Å². The number of carbonyl (C=O) groups excluding carboxylic acids is 1. The summed E-state index contributed by atoms with van der Waals surface area (Å²) >= 11 is 0. The smallest absolute Gasteiger partial charge is 0.242 e. The van der Waals surface area contributed by atoms with Gasteiger partial charge >= 0.3 is 0 Å². The molecule has 1 aromatic carbocycles. The van der Waals surface area contributed by atoms with Crippen LogP contribution in [0.1, 0.15) is 52.4 Å². The Morgan fingerprint density at radius 2 is 1.89 bits per heavy atom. The van der Waals surface area contributed by atoms with Crippen LogP contribution < -0.4 is 16.4 Å². The molecule has 200 valence electrons. The number of nitrogens with one attached hydrogen (secondary N) is 2. The Bertz CT molecular complexity index is 1340. The molecule has 0 bridgehead atoms. The third kappa shape index (κ3) is 5.85. The van der Waals surface area contributed by atoms with Crippen molar-refractivity contribution in [1.82, 2.24) is 23.8 Å². The number of unbranched alkanes of at least 4 members (excludes halogenated alkanes) is 1. The van der Waals surface area contributed by atoms with E-state index in [0.29, 0.717) is 41.7 Å². The van der Waals surface area contributed by atoms with E-state index in [4.69, 9.17) is 5.73 Å². The van der Waals surface area contributed by atoms with Gasteiger partial charge in [0.05, 0.1) is 17.1 Å². The number of primary amides is 1. The molecule has 37 heavy (non-hydrogen) atoms. The number of aromatic nitrogens is 4. The third-order valence-electron chi connectivity index (χ3n) is 6.90. The molecule has 12 heteroatoms. The summed E-state index contributed by atoms with van der Waals surface area (Å²) in [6.45, 7) is 5.19. The molecule has 0 aliphatic heterocycles. The molecule has 4 N–H and O–H groups in total. The summed E-state index contributed by atoms with van der Waals surface area (Å²) in [5.41, 5.74) is 7.58. The second-order valence-corrected chi connectivity index (χ2v) is 11.5. The summed E-state index contributed by atoms with van der Waals surface area (Å²) in [4.78, 5) is 26.1. The standard InChI is InChI=1S/C25H36N8O3S/c1-4-6-15-32(3)37(35,36)18-13-11-17(12-14-18)28-23-21-24(33(5-2)16-27-21)31-25(30-23)29-20-10-8-7-9-19(20)22(26)34/h11-14,16,19-20H,4-10,15H2,1-3H3,(H2,26,34)(H2,28,29,30,31). The number of sulfonamides is 1. The van der Waals surface area contributed by atoms with Crippen LogP contribution in [0.25, 0.3) is 11.2 Å². The average Bonchev–Trinajstić information content (AvgIpc) is 3.31. The molecule has 3 aromatic rings. The minimum atomic E-state index is -3.55. The van der Waals surface area contributed by atoms with Crippen LogP contribution in [0.15, 0.2) is 35.5 Å². The molecule has 2 atom stereocenters. The van der Waals surface area contributed by atoms with Crippen molar-refractivity contribution in [3.8, 4) is 0 Å². The van der Waals surface area contributed by atoms with Crippen molar-refractivity contribution < 1.29 is 13.2 Å². The molecular formula is C25H36N8O3S. The molecule has 1 amide bonds. The largest absolute Gasteiger partial charge is 0.369 e. The van der Waals surface area contributed by atoms with E-state index < -0.39 is 10.0 Å². The van der Waals surface area contributed by atoms with Crippen LogP contribution in [0.2, 0.25) is 0 Å². The fourth-order valence-corrected chi connectivity index (χ4v) is 5.87. The number of carbonyl (C=O) groups is 1. The number of nitrogens with zero attached hydrogens (tertiary/aromatic N) is 5. The van der Waals surface area contributed by atoms with E-state index in [-0.39, 0.29) is 22.8 Å². The van der Waals surface area contributed by atoms with Gasteiger partial charge in [-0.1, -0.05) is 26.2 Å². The molecule has 1 aliphatic carbocycles. The first-order valence-corrected chi connectivity index (χ1v) is 14.3. The second-order valence-electron chi connectivity index (χ2n) is 9.47. The molecule has 0 saturated heterocycles. The van der Waals surface area contributed by atoms with Crippen LogP contribution in [-0.2, 0) is 21.4 Å². The van der Waals surface area contributed by atoms with E-state index >= 15 is 0 Å². The van der Waals surface area contributed by atoms with E-state index in [2.05, 4.69) is 25.6 Å². The van der Waals surface area contributed by atoms with E-state index in [9.17, 15) is 13.2 Å². The highest BCUT2D eigenvalue weighted by molar-refractivity contribution is 7.89. The Labute approximate surface area is 217 Å². The van der Waals surface area contributed by atoms with Crippen molar-refractivity contribution >= 4 is 44.5 Å². The fraction of sp³-hybridized carbons (Fsp3) is 0.520. The predicted molar refractivity (Wildman–Crippen MR) is 144 cm³/mol. The van der Waals surface area contributed by atoms with Crippen molar-refractivity contribution in [3.05, 3.63) is 30.6 Å². The molecule has 2 unspecified atom stereocenters. The lowest BCUT2D eigenvalue weighted by atomic mass is 9.84. The number of imidazole rings is 1. The number of hydrogen-bond donors (Lipinski definition) is 3. The Kier molecular flexibility index (Phi) is 8.28. The minimum Gasteiger partial charge on any atom is -0.369 e. The summed E-state index contributed by atoms with van der Waals surface area (Å²) in [5.74, 6) is 0.290. The van der Waals surface area contributed by atoms with Gasteiger partial charge in [0.25, 0.3) is 0 Å². The number of nitrogens with two attached hydrogens (primary N) is 1. The predicted octanol–water partition coefficient (Wildman–Crippen LogP) is 3.47. The van der Waals surface area contributed by atoms with Crippen LogP contribution in [0, 0.1) is 5.92 Å². The molecule has 0 spiro atoms. The van der Waals surface area contributed by atoms with Gasteiger partial charge in [-0.05, 0) is 50.5 Å². The van der Waals surface area contributed by atoms with Gasteiger partial charge in [0.1, 0.15) is 0 Å². The van der Waals surface area contributed by atoms with Crippen LogP contribution in [0.3, 0.4) is 0 Å². The molecule has 2 aromatic heterocycles. The highest BCUT2D eigenvalue weighted by atomic mass is 32.2. The molecular weight excluding hydrogens is 492 g/mol. The fourth-order valence-electron chi connectivity index (χ4n) is 4.67. The zero-order valence-electron chi connectivity index (χ0n) is 21.6. The van der Waals surface area contributed by atoms with Crippen molar-refractivity contribution in [2.45, 2.75) is 69.9 Å². The van der Waals surface area contributed by atoms with Gasteiger partial charge in [-0.3, -0.25) is 4.79 Å². The first kappa shape index (κ1) is 26.8. The van der Waals surface area contributed by atoms with Crippen molar-refractivity contribution in [1.29, 1.82) is 0 Å². The van der Waals surface area contributed by atoms with Crippen LogP contribution >= 0.6 is 0 Å². The van der Waals surface area contributed by atoms with Gasteiger partial charge in [-0.15, -0.1) is 0 Å². The Morgan fingerprint density at radius 1 is 1.16 bits per heavy atom. The molecule has 1 fully saturated rings. The van der Waals surface area contributed by atoms with Crippen LogP contribution in [0.4, 0.5) is 17.5 Å². The Balaban J connectivity index is 1.61. The number of fused-ring (bicyclic) bond motifs is 1. The zero-order valence-corrected chi connectivity index (χ0v) is 22.5. The highest BCUT2D eigenvalue weighted by Crippen LogP contribution is 2.29. The summed E-state index contributed by atoms with van der Waals surface area (Å²) < 4.78 is 29.0. The number of benzene rings is 1. The molecule has 1 saturated carbocycles. The number of rotatable bonds is 11. The highest BCUT2D eigenvalue weighted by Gasteiger charge is 2.30. The lowest BCUT2D eigenvalue weighted by molar-refractivity contribution is -0.122. The van der Waals surface area contributed by atoms with Gasteiger partial charge in [0.2, 0.25) is 21.9 Å². The van der Waals surface area contributed by atoms with E-state index in [1.807, 2.05) is 18.4 Å². The topological polar surface area (TPSA) is 148 Å². The molecule has 1 aliphatic rings. The maximum Gasteiger partial charge on any atom is 0.242 e. The maximum atomic E-state index is 12.9. The normalized spacial score (nSPS) is 18.3. The average molecular weight is 529 g/mol. The molecule has 2 heterocycles. The third-order valence-corrected chi connectivity index (χ3v) is 8.77. The first-order chi connectivity index (χ1) is 17.7. The lowest BCUT2D eigenvalue weighted by Crippen LogP contribution is -2.40. The van der Waals surface area contributed by atoms with Crippen molar-refractivity contribution in [3.63, 3.8) is 0 Å². The maximum absolute atomic E-state index is 12.9. The summed E-state index contributed by atoms with van der Waals surface area (Å²) in [6.07, 6.45) is 6.98. The van der Waals surface area contributed by atoms with Gasteiger partial charge in [0, 0.05) is 31.9 Å². The number of hydrogen-bond acceptors (Lipinski definition) is 8. The van der Waals surface area contributed by atoms with Gasteiger partial charge in [0.15, 0.2) is 17.0 Å². The number of anilines is 3. The number of amides is 1. The molecule has 11 nitrogen and oxygen atoms in total. The zero-order chi connectivity index (χ0) is 26.6. The summed E-state index contributed by atoms with van der Waals surface area (Å²) in [5, 5.41) is 6.61. The second kappa shape index (κ2) is 11.4. The first-order valence-electron chi connectivity index (χ1n) is 12.9. The monoisotopic (exact) mass is 528 g/mol. The Hall–Kier alpha value is -3.25. The van der Waals surface area contributed by atoms with Gasteiger partial charge in [-0.2, -0.15) is 9.97 Å². The summed E-state index contributed by atoms with van der Waals surface area (Å²) in [6, 6.07) is 6.46. The van der Waals surface area contributed by atoms with E-state index in [1.165, 1.54) is 4.31 Å². The number of aryl methyl sites for hydroxylation is 1. The lowest BCUT2D eigenvalue weighted by Gasteiger charge is -2.30. The summed E-state index contributed by atoms with van der Waals surface area (Å²) in [7, 11) is -1.95. The van der Waals surface area contributed by atoms with Gasteiger partial charge < -0.3 is 20.9 Å². The quantitative estimate of drug-likeness (QED) is 0.343. The van der Waals surface area contributed by atoms with E-state index in [0.717, 1.165) is 38.5 Å². The minimum absolute atomic E-state index is 0.135. The van der Waals surface area contributed by atoms with E-state index in [1.54, 1.807) is 37.6 Å². The molecule has 4 rings (SSSR count). The van der Waals surface area contributed by atoms with Crippen LogP contribution in [-0.4, -0.2) is 57.8 Å². The van der Waals surface area contributed by atoms with Gasteiger partial charge in [-0.25, -0.2) is 17.7 Å². The SMILES string of the molecule is CCCCN(C)S(=O)(=O)c1ccc(Nc2nc(NC3CCCCC3C(N)=O)nc3c2ncn3CC)cc1. The van der Waals surface area contributed by atoms with Crippen LogP contribution in [0.5, 0.6) is 0 Å². The molecule has 0 radical (unpaired) electrons. The Morgan fingerprint density at radius 3 is 2.57 bits per heavy atom. The van der Waals surface area contributed by atoms with Crippen molar-refractivity contribution in [2.24, 2.45) is 11.7 Å².